The number of hydrogen-bond acceptors (Lipinski definition) is 7. The molecule has 0 atom stereocenters. The van der Waals surface area contributed by atoms with E-state index >= 15 is 0 Å². The minimum Gasteiger partial charge on any atom is -0.379 e. The number of amides is 2. The molecule has 1 aliphatic heterocycles. The summed E-state index contributed by atoms with van der Waals surface area (Å²) in [7, 11) is 0. The Bertz CT molecular complexity index is 1180. The fourth-order valence-corrected chi connectivity index (χ4v) is 3.69. The summed E-state index contributed by atoms with van der Waals surface area (Å²) in [6.07, 6.45) is 1.24. The van der Waals surface area contributed by atoms with E-state index in [0.29, 0.717) is 55.6 Å². The van der Waals surface area contributed by atoms with E-state index < -0.39 is 5.82 Å². The summed E-state index contributed by atoms with van der Waals surface area (Å²) in [6, 6.07) is 9.77. The van der Waals surface area contributed by atoms with Crippen molar-refractivity contribution in [3.63, 3.8) is 0 Å². The number of ether oxygens (including phenoxy) is 1. The smallest absolute Gasteiger partial charge is 0.226 e. The van der Waals surface area contributed by atoms with Crippen molar-refractivity contribution in [2.24, 2.45) is 0 Å². The molecule has 2 heterocycles. The Labute approximate surface area is 206 Å². The van der Waals surface area contributed by atoms with Gasteiger partial charge in [0.25, 0.3) is 0 Å². The first kappa shape index (κ1) is 25.4. The van der Waals surface area contributed by atoms with E-state index in [1.165, 1.54) is 30.3 Å². The van der Waals surface area contributed by atoms with Gasteiger partial charge in [0.05, 0.1) is 18.9 Å². The third-order valence-corrected chi connectivity index (χ3v) is 5.65. The van der Waals surface area contributed by atoms with Crippen LogP contribution in [-0.4, -0.2) is 59.7 Å². The van der Waals surface area contributed by atoms with Gasteiger partial charge >= 0.3 is 0 Å². The van der Waals surface area contributed by atoms with Gasteiger partial charge in [0.2, 0.25) is 23.5 Å². The minimum absolute atomic E-state index is 0.0129. The predicted octanol–water partition coefficient (Wildman–Crippen LogP) is 3.64. The number of nitrogens with one attached hydrogen (secondary N) is 2. The van der Waals surface area contributed by atoms with Crippen molar-refractivity contribution in [2.45, 2.75) is 25.7 Å². The highest BCUT2D eigenvalue weighted by Gasteiger charge is 2.14. The molecule has 3 aromatic rings. The van der Waals surface area contributed by atoms with Crippen molar-refractivity contribution in [3.8, 4) is 11.4 Å². The fraction of sp³-hybridized carbons (Fsp3) is 0.360. The van der Waals surface area contributed by atoms with Gasteiger partial charge in [-0.1, -0.05) is 5.16 Å². The Kier molecular flexibility index (Phi) is 8.69. The molecule has 2 amide bonds. The largest absolute Gasteiger partial charge is 0.379 e. The first-order chi connectivity index (χ1) is 17.5. The standard InChI is InChI=1S/C25H27F2N5O4/c26-18-6-4-17(5-7-18)25-30-24(36-31-25)3-1-2-22(33)28-19-8-9-20(27)21(16-19)29-23(34)10-11-32-12-14-35-15-13-32/h4-9,16H,1-3,10-15H2,(H,28,33)(H,29,34). The van der Waals surface area contributed by atoms with Crippen molar-refractivity contribution in [1.29, 1.82) is 0 Å². The molecule has 36 heavy (non-hydrogen) atoms. The van der Waals surface area contributed by atoms with Crippen molar-refractivity contribution in [3.05, 3.63) is 60.0 Å². The lowest BCUT2D eigenvalue weighted by Gasteiger charge is -2.26. The quantitative estimate of drug-likeness (QED) is 0.438. The summed E-state index contributed by atoms with van der Waals surface area (Å²) in [5.41, 5.74) is 1.02. The zero-order chi connectivity index (χ0) is 25.3. The van der Waals surface area contributed by atoms with Gasteiger partial charge in [0, 0.05) is 50.1 Å². The number of carbonyl (C=O) groups excluding carboxylic acids is 2. The van der Waals surface area contributed by atoms with Gasteiger partial charge in [-0.25, -0.2) is 8.78 Å². The van der Waals surface area contributed by atoms with Crippen LogP contribution in [0, 0.1) is 11.6 Å². The molecule has 1 fully saturated rings. The normalized spacial score (nSPS) is 13.9. The summed E-state index contributed by atoms with van der Waals surface area (Å²) in [6.45, 7) is 3.39. The second kappa shape index (κ2) is 12.3. The van der Waals surface area contributed by atoms with E-state index in [-0.39, 0.29) is 36.2 Å². The molecule has 0 aliphatic carbocycles. The van der Waals surface area contributed by atoms with Crippen LogP contribution >= 0.6 is 0 Å². The number of anilines is 2. The number of rotatable bonds is 10. The molecule has 1 aromatic heterocycles. The van der Waals surface area contributed by atoms with Gasteiger partial charge in [0.1, 0.15) is 11.6 Å². The van der Waals surface area contributed by atoms with Crippen LogP contribution < -0.4 is 10.6 Å². The van der Waals surface area contributed by atoms with Crippen LogP contribution in [-0.2, 0) is 20.7 Å². The third-order valence-electron chi connectivity index (χ3n) is 5.65. The molecule has 0 unspecified atom stereocenters. The molecule has 4 rings (SSSR count). The summed E-state index contributed by atoms with van der Waals surface area (Å²) in [4.78, 5) is 31.0. The molecule has 2 aromatic carbocycles. The van der Waals surface area contributed by atoms with E-state index in [4.69, 9.17) is 9.26 Å². The molecular weight excluding hydrogens is 472 g/mol. The summed E-state index contributed by atoms with van der Waals surface area (Å²) in [5, 5.41) is 9.16. The van der Waals surface area contributed by atoms with Gasteiger partial charge < -0.3 is 19.9 Å². The lowest BCUT2D eigenvalue weighted by Crippen LogP contribution is -2.38. The molecular formula is C25H27F2N5O4. The second-order valence-corrected chi connectivity index (χ2v) is 8.37. The summed E-state index contributed by atoms with van der Waals surface area (Å²) in [5.74, 6) is -0.798. The van der Waals surface area contributed by atoms with Crippen molar-refractivity contribution < 1.29 is 27.6 Å². The Balaban J connectivity index is 1.22. The molecule has 0 saturated carbocycles. The Morgan fingerprint density at radius 1 is 0.972 bits per heavy atom. The van der Waals surface area contributed by atoms with Crippen LogP contribution in [0.15, 0.2) is 47.0 Å². The molecule has 0 bridgehead atoms. The van der Waals surface area contributed by atoms with E-state index in [1.807, 2.05) is 0 Å². The van der Waals surface area contributed by atoms with E-state index in [2.05, 4.69) is 25.7 Å². The maximum Gasteiger partial charge on any atom is 0.226 e. The number of nitrogens with zero attached hydrogens (tertiary/aromatic N) is 3. The van der Waals surface area contributed by atoms with Crippen LogP contribution in [0.2, 0.25) is 0 Å². The van der Waals surface area contributed by atoms with Gasteiger partial charge in [0.15, 0.2) is 0 Å². The van der Waals surface area contributed by atoms with Crippen molar-refractivity contribution in [2.75, 3.05) is 43.5 Å². The third kappa shape index (κ3) is 7.40. The summed E-state index contributed by atoms with van der Waals surface area (Å²) >= 11 is 0. The zero-order valence-electron chi connectivity index (χ0n) is 19.6. The van der Waals surface area contributed by atoms with Crippen LogP contribution in [0.5, 0.6) is 0 Å². The topological polar surface area (TPSA) is 110 Å². The molecule has 1 aliphatic rings. The van der Waals surface area contributed by atoms with E-state index in [1.54, 1.807) is 12.1 Å². The lowest BCUT2D eigenvalue weighted by molar-refractivity contribution is -0.117. The average molecular weight is 500 g/mol. The molecule has 1 saturated heterocycles. The van der Waals surface area contributed by atoms with Gasteiger partial charge in [-0.2, -0.15) is 4.98 Å². The maximum absolute atomic E-state index is 14.2. The first-order valence-corrected chi connectivity index (χ1v) is 11.7. The highest BCUT2D eigenvalue weighted by molar-refractivity contribution is 5.94. The Morgan fingerprint density at radius 2 is 1.72 bits per heavy atom. The van der Waals surface area contributed by atoms with E-state index in [9.17, 15) is 18.4 Å². The predicted molar refractivity (Wildman–Crippen MR) is 128 cm³/mol. The van der Waals surface area contributed by atoms with Crippen LogP contribution in [0.1, 0.15) is 25.2 Å². The maximum atomic E-state index is 14.2. The number of aryl methyl sites for hydroxylation is 1. The number of hydrogen-bond donors (Lipinski definition) is 2. The lowest BCUT2D eigenvalue weighted by atomic mass is 10.2. The highest BCUT2D eigenvalue weighted by Crippen LogP contribution is 2.21. The van der Waals surface area contributed by atoms with E-state index in [0.717, 1.165) is 13.1 Å². The van der Waals surface area contributed by atoms with Gasteiger partial charge in [-0.05, 0) is 48.9 Å². The number of morpholine rings is 1. The first-order valence-electron chi connectivity index (χ1n) is 11.7. The number of halogens is 2. The Hall–Kier alpha value is -3.70. The van der Waals surface area contributed by atoms with Crippen molar-refractivity contribution >= 4 is 23.2 Å². The molecule has 0 spiro atoms. The highest BCUT2D eigenvalue weighted by atomic mass is 19.1. The number of carbonyl (C=O) groups is 2. The zero-order valence-corrected chi connectivity index (χ0v) is 19.6. The summed E-state index contributed by atoms with van der Waals surface area (Å²) < 4.78 is 37.7. The molecule has 9 nitrogen and oxygen atoms in total. The molecule has 2 N–H and O–H groups in total. The van der Waals surface area contributed by atoms with Crippen LogP contribution in [0.25, 0.3) is 11.4 Å². The average Bonchev–Trinajstić information content (AvgIpc) is 3.35. The van der Waals surface area contributed by atoms with Gasteiger partial charge in [-0.3, -0.25) is 14.5 Å². The number of benzene rings is 2. The monoisotopic (exact) mass is 499 g/mol. The van der Waals surface area contributed by atoms with Gasteiger partial charge in [-0.15, -0.1) is 0 Å². The Morgan fingerprint density at radius 3 is 2.50 bits per heavy atom. The number of aromatic nitrogens is 2. The molecule has 190 valence electrons. The SMILES string of the molecule is O=C(CCCc1nc(-c2ccc(F)cc2)no1)Nc1ccc(F)c(NC(=O)CCN2CCOCC2)c1. The molecule has 0 radical (unpaired) electrons. The van der Waals surface area contributed by atoms with Crippen molar-refractivity contribution in [1.82, 2.24) is 15.0 Å². The van der Waals surface area contributed by atoms with Crippen LogP contribution in [0.3, 0.4) is 0 Å². The van der Waals surface area contributed by atoms with Crippen LogP contribution in [0.4, 0.5) is 20.2 Å². The fourth-order valence-electron chi connectivity index (χ4n) is 3.69. The minimum atomic E-state index is -0.582. The molecule has 11 heteroatoms. The second-order valence-electron chi connectivity index (χ2n) is 8.37.